The molecule has 0 spiro atoms. The normalized spacial score (nSPS) is 25.4. The van der Waals surface area contributed by atoms with E-state index in [2.05, 4.69) is 12.2 Å². The zero-order valence-electron chi connectivity index (χ0n) is 11.7. The van der Waals surface area contributed by atoms with Crippen molar-refractivity contribution in [3.05, 3.63) is 0 Å². The summed E-state index contributed by atoms with van der Waals surface area (Å²) in [7, 11) is 3.65. The summed E-state index contributed by atoms with van der Waals surface area (Å²) in [5, 5.41) is 3.63. The number of nitrogens with one attached hydrogen (secondary N) is 1. The topological polar surface area (TPSA) is 32.3 Å². The molecule has 0 saturated heterocycles. The van der Waals surface area contributed by atoms with E-state index in [1.807, 2.05) is 14.1 Å². The van der Waals surface area contributed by atoms with Gasteiger partial charge in [0.1, 0.15) is 0 Å². The molecule has 1 fully saturated rings. The van der Waals surface area contributed by atoms with Gasteiger partial charge in [0.15, 0.2) is 0 Å². The largest absolute Gasteiger partial charge is 0.349 e. The molecule has 0 aromatic heterocycles. The highest BCUT2D eigenvalue weighted by molar-refractivity contribution is 5.75. The molecule has 2 atom stereocenters. The van der Waals surface area contributed by atoms with Crippen LogP contribution in [0.25, 0.3) is 0 Å². The van der Waals surface area contributed by atoms with Gasteiger partial charge in [-0.05, 0) is 31.7 Å². The van der Waals surface area contributed by atoms with Crippen LogP contribution in [0.5, 0.6) is 0 Å². The van der Waals surface area contributed by atoms with E-state index in [1.54, 1.807) is 4.90 Å². The first-order chi connectivity index (χ1) is 8.11. The molecule has 1 N–H and O–H groups in total. The molecule has 0 aromatic rings. The van der Waals surface area contributed by atoms with Gasteiger partial charge in [-0.25, -0.2) is 0 Å². The molecule has 0 aliphatic heterocycles. The van der Waals surface area contributed by atoms with Gasteiger partial charge in [-0.1, -0.05) is 26.2 Å². The van der Waals surface area contributed by atoms with Crippen molar-refractivity contribution in [1.82, 2.24) is 10.2 Å². The molecule has 0 heterocycles. The molecule has 1 saturated carbocycles. The maximum atomic E-state index is 11.4. The summed E-state index contributed by atoms with van der Waals surface area (Å²) in [6.45, 7) is 3.34. The van der Waals surface area contributed by atoms with E-state index in [1.165, 1.54) is 32.1 Å². The van der Waals surface area contributed by atoms with Crippen molar-refractivity contribution in [1.29, 1.82) is 0 Å². The summed E-state index contributed by atoms with van der Waals surface area (Å²) < 4.78 is 0. The average molecular weight is 240 g/mol. The van der Waals surface area contributed by atoms with E-state index in [4.69, 9.17) is 0 Å². The molecular formula is C14H28N2O. The summed E-state index contributed by atoms with van der Waals surface area (Å²) in [4.78, 5) is 13.1. The van der Waals surface area contributed by atoms with Crippen molar-refractivity contribution in [3.8, 4) is 0 Å². The van der Waals surface area contributed by atoms with Crippen LogP contribution in [-0.4, -0.2) is 37.5 Å². The number of hydrogen-bond donors (Lipinski definition) is 1. The van der Waals surface area contributed by atoms with Crippen molar-refractivity contribution >= 4 is 5.91 Å². The van der Waals surface area contributed by atoms with Crippen LogP contribution in [-0.2, 0) is 4.79 Å². The second-order valence-electron chi connectivity index (χ2n) is 5.57. The van der Waals surface area contributed by atoms with Crippen LogP contribution < -0.4 is 5.32 Å². The number of carbonyl (C=O) groups is 1. The van der Waals surface area contributed by atoms with Crippen LogP contribution in [0.3, 0.4) is 0 Å². The molecule has 1 amide bonds. The lowest BCUT2D eigenvalue weighted by Crippen LogP contribution is -2.35. The Morgan fingerprint density at radius 1 is 1.24 bits per heavy atom. The first kappa shape index (κ1) is 14.5. The van der Waals surface area contributed by atoms with Gasteiger partial charge in [0.25, 0.3) is 0 Å². The first-order valence-corrected chi connectivity index (χ1v) is 7.05. The Labute approximate surface area is 106 Å². The highest BCUT2D eigenvalue weighted by Crippen LogP contribution is 2.22. The number of hydrogen-bond acceptors (Lipinski definition) is 2. The number of carbonyl (C=O) groups excluding carboxylic acids is 1. The van der Waals surface area contributed by atoms with Crippen LogP contribution in [0.1, 0.15) is 51.9 Å². The number of nitrogens with zero attached hydrogens (tertiary/aromatic N) is 1. The van der Waals surface area contributed by atoms with Crippen LogP contribution >= 0.6 is 0 Å². The van der Waals surface area contributed by atoms with Crippen molar-refractivity contribution in [2.45, 2.75) is 57.9 Å². The van der Waals surface area contributed by atoms with E-state index in [0.717, 1.165) is 18.9 Å². The molecule has 1 aliphatic carbocycles. The third kappa shape index (κ3) is 5.53. The van der Waals surface area contributed by atoms with Gasteiger partial charge < -0.3 is 10.2 Å². The van der Waals surface area contributed by atoms with Crippen molar-refractivity contribution in [2.75, 3.05) is 20.6 Å². The van der Waals surface area contributed by atoms with Gasteiger partial charge in [-0.15, -0.1) is 0 Å². The fourth-order valence-electron chi connectivity index (χ4n) is 2.55. The minimum atomic E-state index is 0.237. The van der Waals surface area contributed by atoms with Gasteiger partial charge in [0.2, 0.25) is 5.91 Å². The summed E-state index contributed by atoms with van der Waals surface area (Å²) in [6, 6.07) is 0.673. The molecule has 0 radical (unpaired) electrons. The Balaban J connectivity index is 2.14. The lowest BCUT2D eigenvalue weighted by Gasteiger charge is -2.23. The number of rotatable bonds is 5. The summed E-state index contributed by atoms with van der Waals surface area (Å²) in [6.07, 6.45) is 8.43. The summed E-state index contributed by atoms with van der Waals surface area (Å²) >= 11 is 0. The maximum absolute atomic E-state index is 11.4. The Morgan fingerprint density at radius 2 is 1.94 bits per heavy atom. The summed E-state index contributed by atoms with van der Waals surface area (Å²) in [5.41, 5.74) is 0. The molecule has 100 valence electrons. The van der Waals surface area contributed by atoms with E-state index < -0.39 is 0 Å². The first-order valence-electron chi connectivity index (χ1n) is 7.05. The van der Waals surface area contributed by atoms with Crippen molar-refractivity contribution in [3.63, 3.8) is 0 Å². The molecule has 17 heavy (non-hydrogen) atoms. The Morgan fingerprint density at radius 3 is 2.65 bits per heavy atom. The molecule has 0 aromatic carbocycles. The summed E-state index contributed by atoms with van der Waals surface area (Å²) in [5.74, 6) is 1.03. The third-order valence-electron chi connectivity index (χ3n) is 3.83. The standard InChI is InChI=1S/C14H28N2O/c1-12-8-5-4-6-9-13(12)15-11-7-10-14(17)16(2)3/h12-13,15H,4-11H2,1-3H3. The molecule has 2 unspecified atom stereocenters. The van der Waals surface area contributed by atoms with Gasteiger partial charge in [-0.2, -0.15) is 0 Å². The van der Waals surface area contributed by atoms with Crippen LogP contribution in [0.2, 0.25) is 0 Å². The molecule has 3 heteroatoms. The fraction of sp³-hybridized carbons (Fsp3) is 0.929. The van der Waals surface area contributed by atoms with Crippen molar-refractivity contribution < 1.29 is 4.79 Å². The Bertz CT molecular complexity index is 228. The molecule has 3 nitrogen and oxygen atoms in total. The van der Waals surface area contributed by atoms with Gasteiger partial charge in [0, 0.05) is 26.6 Å². The smallest absolute Gasteiger partial charge is 0.222 e. The zero-order chi connectivity index (χ0) is 12.7. The highest BCUT2D eigenvalue weighted by Gasteiger charge is 2.18. The monoisotopic (exact) mass is 240 g/mol. The highest BCUT2D eigenvalue weighted by atomic mass is 16.2. The lowest BCUT2D eigenvalue weighted by atomic mass is 9.97. The Hall–Kier alpha value is -0.570. The minimum absolute atomic E-state index is 0.237. The minimum Gasteiger partial charge on any atom is -0.349 e. The Kier molecular flexibility index (Phi) is 6.56. The molecule has 0 bridgehead atoms. The molecule has 1 aliphatic rings. The van der Waals surface area contributed by atoms with E-state index in [9.17, 15) is 4.79 Å². The SMILES string of the molecule is CC1CCCCCC1NCCCC(=O)N(C)C. The van der Waals surface area contributed by atoms with Crippen LogP contribution in [0.15, 0.2) is 0 Å². The number of amides is 1. The van der Waals surface area contributed by atoms with Crippen LogP contribution in [0, 0.1) is 5.92 Å². The fourth-order valence-corrected chi connectivity index (χ4v) is 2.55. The lowest BCUT2D eigenvalue weighted by molar-refractivity contribution is -0.128. The molecular weight excluding hydrogens is 212 g/mol. The maximum Gasteiger partial charge on any atom is 0.222 e. The van der Waals surface area contributed by atoms with E-state index in [-0.39, 0.29) is 5.91 Å². The molecule has 1 rings (SSSR count). The van der Waals surface area contributed by atoms with E-state index >= 15 is 0 Å². The van der Waals surface area contributed by atoms with Crippen molar-refractivity contribution in [2.24, 2.45) is 5.92 Å². The van der Waals surface area contributed by atoms with Crippen LogP contribution in [0.4, 0.5) is 0 Å². The third-order valence-corrected chi connectivity index (χ3v) is 3.83. The zero-order valence-corrected chi connectivity index (χ0v) is 11.7. The van der Waals surface area contributed by atoms with Gasteiger partial charge in [0.05, 0.1) is 0 Å². The quantitative estimate of drug-likeness (QED) is 0.591. The average Bonchev–Trinajstić information content (AvgIpc) is 2.49. The second kappa shape index (κ2) is 7.70. The predicted molar refractivity (Wildman–Crippen MR) is 72.0 cm³/mol. The second-order valence-corrected chi connectivity index (χ2v) is 5.57. The predicted octanol–water partition coefficient (Wildman–Crippen LogP) is 2.41. The van der Waals surface area contributed by atoms with E-state index in [0.29, 0.717) is 12.5 Å². The van der Waals surface area contributed by atoms with Gasteiger partial charge in [-0.3, -0.25) is 4.79 Å². The van der Waals surface area contributed by atoms with Gasteiger partial charge >= 0.3 is 0 Å².